The molecule has 0 saturated heterocycles. The Bertz CT molecular complexity index is 2580. The van der Waals surface area contributed by atoms with E-state index in [0.29, 0.717) is 238 Å². The monoisotopic (exact) mass is 1380 g/mol. The zero-order valence-corrected chi connectivity index (χ0v) is 56.5. The number of aliphatic imine (C=N–C) groups is 2. The number of aromatic hydroxyl groups is 2. The molecule has 2 N–H and O–H groups in total. The fourth-order valence-corrected chi connectivity index (χ4v) is 8.15. The minimum atomic E-state index is -0.121. The van der Waals surface area contributed by atoms with Gasteiger partial charge < -0.3 is 117 Å². The van der Waals surface area contributed by atoms with Crippen LogP contribution in [0.1, 0.15) is 11.1 Å². The molecule has 0 aliphatic carbocycles. The molecule has 0 spiro atoms. The number of methoxy groups -OCH3 is 4. The van der Waals surface area contributed by atoms with Gasteiger partial charge in [0, 0.05) is 55.1 Å². The van der Waals surface area contributed by atoms with Crippen molar-refractivity contribution >= 4 is 23.9 Å². The van der Waals surface area contributed by atoms with Crippen LogP contribution in [0.5, 0.6) is 34.5 Å². The Morgan fingerprint density at radius 1 is 0.340 bits per heavy atom. The number of ether oxygens (including phenoxy) is 20. The number of phenols is 2. The SMILES string of the molecule is COCCOCCOCCOCCOCCOCCOCCOCCOc1ccccc1-c1cc(C=Nc2cccnc2/N=C/c2cc(-c3ccccc3OCCOCCOCCOCCOCCOCCOCCOCCOC)cc(OC)c2O)c(O)c(OC)c1.[Cl-].[Mn+2]. The van der Waals surface area contributed by atoms with Gasteiger partial charge in [0.25, 0.3) is 0 Å². The van der Waals surface area contributed by atoms with Gasteiger partial charge in [0.2, 0.25) is 0 Å². The first kappa shape index (κ1) is 82.6. The van der Waals surface area contributed by atoms with Gasteiger partial charge in [0.1, 0.15) is 30.4 Å². The summed E-state index contributed by atoms with van der Waals surface area (Å²) < 4.78 is 111. The fourth-order valence-electron chi connectivity index (χ4n) is 8.15. The van der Waals surface area contributed by atoms with Gasteiger partial charge in [0.05, 0.1) is 212 Å². The van der Waals surface area contributed by atoms with E-state index in [9.17, 15) is 10.2 Å². The molecule has 5 rings (SSSR count). The van der Waals surface area contributed by atoms with Crippen LogP contribution in [-0.2, 0) is 92.9 Å². The van der Waals surface area contributed by atoms with E-state index in [2.05, 4.69) is 9.98 Å². The van der Waals surface area contributed by atoms with Crippen LogP contribution in [0.4, 0.5) is 11.5 Å². The van der Waals surface area contributed by atoms with Gasteiger partial charge in [-0.15, -0.1) is 0 Å². The number of hydrogen-bond acceptors (Lipinski definition) is 25. The van der Waals surface area contributed by atoms with E-state index >= 15 is 0 Å². The minimum absolute atomic E-state index is 0. The Labute approximate surface area is 569 Å². The topological polar surface area (TPSA) is 263 Å². The van der Waals surface area contributed by atoms with Crippen LogP contribution in [0.15, 0.2) is 101 Å². The molecule has 0 aliphatic heterocycles. The molecule has 0 amide bonds. The third-order valence-electron chi connectivity index (χ3n) is 12.8. The van der Waals surface area contributed by atoms with Crippen molar-refractivity contribution in [3.8, 4) is 56.8 Å². The molecule has 0 aliphatic rings. The predicted molar refractivity (Wildman–Crippen MR) is 345 cm³/mol. The van der Waals surface area contributed by atoms with E-state index in [1.807, 2.05) is 48.5 Å². The first-order valence-electron chi connectivity index (χ1n) is 30.8. The number of para-hydroxylation sites is 2. The van der Waals surface area contributed by atoms with Gasteiger partial charge in [-0.3, -0.25) is 4.99 Å². The number of pyridine rings is 1. The summed E-state index contributed by atoms with van der Waals surface area (Å²) in [6, 6.07) is 25.6. The van der Waals surface area contributed by atoms with Crippen molar-refractivity contribution in [3.05, 3.63) is 102 Å². The smallest absolute Gasteiger partial charge is 1.00 e. The van der Waals surface area contributed by atoms with E-state index < -0.39 is 0 Å². The Hall–Kier alpha value is -5.66. The number of nitrogens with zero attached hydrogens (tertiary/aromatic N) is 3. The Balaban J connectivity index is 0.0000115. The Morgan fingerprint density at radius 3 is 0.936 bits per heavy atom. The average Bonchev–Trinajstić information content (AvgIpc) is 0.831. The van der Waals surface area contributed by atoms with Crippen molar-refractivity contribution < 1.29 is 134 Å². The van der Waals surface area contributed by atoms with Crippen LogP contribution in [0.2, 0.25) is 0 Å². The molecule has 25 nitrogen and oxygen atoms in total. The van der Waals surface area contributed by atoms with Gasteiger partial charge >= 0.3 is 17.1 Å². The number of phenolic OH excluding ortho intramolecular Hbond substituents is 2. The molecule has 1 radical (unpaired) electrons. The Kier molecular flexibility index (Phi) is 48.7. The van der Waals surface area contributed by atoms with Crippen LogP contribution in [0, 0.1) is 0 Å². The van der Waals surface area contributed by atoms with Gasteiger partial charge in [-0.05, 0) is 59.7 Å². The first-order chi connectivity index (χ1) is 45.5. The van der Waals surface area contributed by atoms with Crippen LogP contribution in [-0.4, -0.2) is 267 Å². The molecule has 0 unspecified atom stereocenters. The van der Waals surface area contributed by atoms with Crippen molar-refractivity contribution in [1.29, 1.82) is 0 Å². The first-order valence-corrected chi connectivity index (χ1v) is 30.8. The molecule has 27 heteroatoms. The van der Waals surface area contributed by atoms with E-state index in [0.717, 1.165) is 11.1 Å². The molecule has 1 aromatic heterocycles. The minimum Gasteiger partial charge on any atom is -1.00 e. The summed E-state index contributed by atoms with van der Waals surface area (Å²) in [6.07, 6.45) is 4.59. The maximum absolute atomic E-state index is 11.3. The van der Waals surface area contributed by atoms with Crippen LogP contribution < -0.4 is 31.4 Å². The van der Waals surface area contributed by atoms with Crippen LogP contribution in [0.25, 0.3) is 22.3 Å². The molecule has 5 aromatic rings. The van der Waals surface area contributed by atoms with Crippen molar-refractivity contribution in [2.24, 2.45) is 9.98 Å². The van der Waals surface area contributed by atoms with Crippen molar-refractivity contribution in [2.75, 3.05) is 240 Å². The second-order valence-corrected chi connectivity index (χ2v) is 19.3. The molecule has 4 aromatic carbocycles. The third-order valence-corrected chi connectivity index (χ3v) is 12.8. The number of benzene rings is 4. The van der Waals surface area contributed by atoms with Gasteiger partial charge in [-0.1, -0.05) is 36.4 Å². The van der Waals surface area contributed by atoms with Crippen molar-refractivity contribution in [2.45, 2.75) is 0 Å². The summed E-state index contributed by atoms with van der Waals surface area (Å²) in [4.78, 5) is 13.9. The van der Waals surface area contributed by atoms with Gasteiger partial charge in [0.15, 0.2) is 28.8 Å². The zero-order valence-electron chi connectivity index (χ0n) is 54.6. The standard InChI is InChI=1S/C67H95N3O22.ClH.Mn/c1-73-16-18-77-20-22-79-24-26-81-28-30-83-32-34-85-36-38-87-40-42-89-44-46-91-61-13-7-5-10-58(61)54-48-56(65(71)63(50-54)75-3)52-69-60-12-9-15-68-67(60)70-53-57-49-55(51-64(76-4)66(57)72)59-11-6-8-14-62(59)92-47-45-90-43-41-88-39-37-86-35-33-84-31-29-82-27-25-80-23-21-78-19-17-74-2;;/h5-15,48-53,71-72H,16-47H2,1-4H3;1H;/q;;+2/p-1/b69-52?,70-53+;;. The number of aromatic nitrogens is 1. The van der Waals surface area contributed by atoms with E-state index in [1.165, 1.54) is 26.6 Å². The second-order valence-electron chi connectivity index (χ2n) is 19.3. The largest absolute Gasteiger partial charge is 2.00 e. The normalized spacial score (nSPS) is 11.4. The maximum Gasteiger partial charge on any atom is 2.00 e. The summed E-state index contributed by atoms with van der Waals surface area (Å²) in [5, 5.41) is 22.6. The molecular formula is C67H95ClMnN3O22+. The van der Waals surface area contributed by atoms with Gasteiger partial charge in [-0.25, -0.2) is 9.98 Å². The molecule has 0 saturated carbocycles. The molecule has 523 valence electrons. The fraction of sp³-hybridized carbons (Fsp3) is 0.537. The number of halogens is 1. The molecule has 0 atom stereocenters. The van der Waals surface area contributed by atoms with E-state index in [4.69, 9.17) is 99.7 Å². The number of hydrogen-bond donors (Lipinski definition) is 2. The van der Waals surface area contributed by atoms with Gasteiger partial charge in [-0.2, -0.15) is 0 Å². The second kappa shape index (κ2) is 55.5. The Morgan fingerprint density at radius 2 is 0.628 bits per heavy atom. The quantitative estimate of drug-likeness (QED) is 0.0305. The van der Waals surface area contributed by atoms with Crippen LogP contribution in [0.3, 0.4) is 0 Å². The third kappa shape index (κ3) is 35.4. The summed E-state index contributed by atoms with van der Waals surface area (Å²) in [5.41, 5.74) is 4.05. The van der Waals surface area contributed by atoms with E-state index in [-0.39, 0.29) is 71.5 Å². The van der Waals surface area contributed by atoms with Crippen molar-refractivity contribution in [3.63, 3.8) is 0 Å². The zero-order chi connectivity index (χ0) is 65.0. The molecule has 1 heterocycles. The average molecular weight is 1380 g/mol. The number of rotatable bonds is 58. The summed E-state index contributed by atoms with van der Waals surface area (Å²) in [7, 11) is 6.23. The summed E-state index contributed by atoms with van der Waals surface area (Å²) in [5.74, 6) is 1.69. The molecule has 94 heavy (non-hydrogen) atoms. The molecule has 0 bridgehead atoms. The predicted octanol–water partition coefficient (Wildman–Crippen LogP) is 4.63. The maximum atomic E-state index is 11.3. The summed E-state index contributed by atoms with van der Waals surface area (Å²) in [6.45, 7) is 14.6. The van der Waals surface area contributed by atoms with Crippen molar-refractivity contribution in [1.82, 2.24) is 4.98 Å². The molecular weight excluding hydrogens is 1290 g/mol. The van der Waals surface area contributed by atoms with E-state index in [1.54, 1.807) is 56.8 Å². The summed E-state index contributed by atoms with van der Waals surface area (Å²) >= 11 is 0. The molecule has 0 fully saturated rings. The van der Waals surface area contributed by atoms with Crippen LogP contribution >= 0.6 is 0 Å².